The van der Waals surface area contributed by atoms with Crippen molar-refractivity contribution >= 4 is 22.8 Å². The van der Waals surface area contributed by atoms with Crippen LogP contribution in [0.1, 0.15) is 11.3 Å². The number of fused-ring (bicyclic) bond motifs is 1. The Hall–Kier alpha value is -3.29. The first-order valence-corrected chi connectivity index (χ1v) is 9.26. The maximum atomic E-state index is 12.6. The van der Waals surface area contributed by atoms with E-state index in [9.17, 15) is 4.79 Å². The predicted molar refractivity (Wildman–Crippen MR) is 106 cm³/mol. The van der Waals surface area contributed by atoms with Gasteiger partial charge < -0.3 is 24.3 Å². The number of hydrogen-bond acceptors (Lipinski definition) is 6. The highest BCUT2D eigenvalue weighted by molar-refractivity contribution is 5.82. The van der Waals surface area contributed by atoms with E-state index in [0.29, 0.717) is 38.6 Å². The van der Waals surface area contributed by atoms with E-state index in [0.717, 1.165) is 28.1 Å². The van der Waals surface area contributed by atoms with Crippen LogP contribution in [0.5, 0.6) is 5.88 Å². The van der Waals surface area contributed by atoms with Gasteiger partial charge in [-0.15, -0.1) is 0 Å². The minimum Gasteiger partial charge on any atom is -0.481 e. The maximum absolute atomic E-state index is 12.6. The lowest BCUT2D eigenvalue weighted by molar-refractivity contribution is 0.193. The first-order valence-electron chi connectivity index (χ1n) is 9.26. The van der Waals surface area contributed by atoms with Gasteiger partial charge in [-0.25, -0.2) is 14.8 Å². The van der Waals surface area contributed by atoms with Gasteiger partial charge in [0.25, 0.3) is 0 Å². The Kier molecular flexibility index (Phi) is 5.01. The molecule has 0 atom stereocenters. The lowest BCUT2D eigenvalue weighted by Gasteiger charge is -2.35. The zero-order valence-electron chi connectivity index (χ0n) is 16.0. The molecule has 0 unspecified atom stereocenters. The average Bonchev–Trinajstić information content (AvgIpc) is 3.08. The minimum atomic E-state index is -0.0835. The molecule has 0 aliphatic carbocycles. The van der Waals surface area contributed by atoms with Gasteiger partial charge in [0.05, 0.1) is 13.7 Å². The molecule has 1 aromatic carbocycles. The smallest absolute Gasteiger partial charge is 0.317 e. The summed E-state index contributed by atoms with van der Waals surface area (Å²) in [5, 5.41) is 4.06. The van der Waals surface area contributed by atoms with Crippen molar-refractivity contribution in [1.29, 1.82) is 0 Å². The number of aromatic nitrogens is 2. The van der Waals surface area contributed by atoms with E-state index in [1.54, 1.807) is 13.2 Å². The molecule has 0 spiro atoms. The molecule has 1 saturated heterocycles. The lowest BCUT2D eigenvalue weighted by atomic mass is 10.1. The number of aryl methyl sites for hydroxylation is 1. The molecule has 1 N–H and O–H groups in total. The molecule has 8 nitrogen and oxygen atoms in total. The van der Waals surface area contributed by atoms with Gasteiger partial charge in [-0.3, -0.25) is 0 Å². The summed E-state index contributed by atoms with van der Waals surface area (Å²) in [6.45, 7) is 5.05. The molecular formula is C20H23N5O3. The summed E-state index contributed by atoms with van der Waals surface area (Å²) in [5.41, 5.74) is 1.91. The van der Waals surface area contributed by atoms with E-state index in [4.69, 9.17) is 9.15 Å². The SMILES string of the molecule is COc1cc(N2CCN(C(=O)NCc3oc4ccccc4c3C)CC2)ncn1. The lowest BCUT2D eigenvalue weighted by Crippen LogP contribution is -2.51. The van der Waals surface area contributed by atoms with E-state index >= 15 is 0 Å². The van der Waals surface area contributed by atoms with E-state index in [1.807, 2.05) is 36.1 Å². The van der Waals surface area contributed by atoms with E-state index < -0.39 is 0 Å². The number of para-hydroxylation sites is 1. The van der Waals surface area contributed by atoms with Crippen LogP contribution in [0.3, 0.4) is 0 Å². The third-order valence-electron chi connectivity index (χ3n) is 5.07. The second-order valence-corrected chi connectivity index (χ2v) is 6.70. The highest BCUT2D eigenvalue weighted by Crippen LogP contribution is 2.24. The van der Waals surface area contributed by atoms with Gasteiger partial charge in [0.15, 0.2) is 0 Å². The number of nitrogens with one attached hydrogen (secondary N) is 1. The molecule has 1 aliphatic heterocycles. The molecule has 28 heavy (non-hydrogen) atoms. The zero-order valence-corrected chi connectivity index (χ0v) is 16.0. The van der Waals surface area contributed by atoms with Crippen LogP contribution in [-0.4, -0.2) is 54.2 Å². The fraction of sp³-hybridized carbons (Fsp3) is 0.350. The topological polar surface area (TPSA) is 83.7 Å². The Labute approximate surface area is 163 Å². The molecule has 2 amide bonds. The Morgan fingerprint density at radius 1 is 1.21 bits per heavy atom. The van der Waals surface area contributed by atoms with E-state index in [2.05, 4.69) is 20.2 Å². The van der Waals surface area contributed by atoms with Crippen LogP contribution in [0, 0.1) is 6.92 Å². The summed E-state index contributed by atoms with van der Waals surface area (Å²) in [6, 6.07) is 9.62. The molecule has 0 bridgehead atoms. The second-order valence-electron chi connectivity index (χ2n) is 6.70. The fourth-order valence-corrected chi connectivity index (χ4v) is 3.41. The molecule has 8 heteroatoms. The van der Waals surface area contributed by atoms with E-state index in [1.165, 1.54) is 6.33 Å². The van der Waals surface area contributed by atoms with Crippen molar-refractivity contribution in [2.24, 2.45) is 0 Å². The van der Waals surface area contributed by atoms with Gasteiger partial charge >= 0.3 is 6.03 Å². The Morgan fingerprint density at radius 2 is 2.00 bits per heavy atom. The van der Waals surface area contributed by atoms with Crippen LogP contribution in [0.4, 0.5) is 10.6 Å². The standard InChI is InChI=1S/C20H23N5O3/c1-14-15-5-3-4-6-16(15)28-17(14)12-21-20(26)25-9-7-24(8-10-25)18-11-19(27-2)23-13-22-18/h3-6,11,13H,7-10,12H2,1-2H3,(H,21,26). The van der Waals surface area contributed by atoms with Crippen molar-refractivity contribution in [3.8, 4) is 5.88 Å². The van der Waals surface area contributed by atoms with Gasteiger partial charge in [0.1, 0.15) is 23.5 Å². The predicted octanol–water partition coefficient (Wildman–Crippen LogP) is 2.57. The number of furan rings is 1. The Balaban J connectivity index is 1.33. The van der Waals surface area contributed by atoms with Crippen LogP contribution >= 0.6 is 0 Å². The number of piperazine rings is 1. The third kappa shape index (κ3) is 3.58. The summed E-state index contributed by atoms with van der Waals surface area (Å²) in [6.07, 6.45) is 1.49. The van der Waals surface area contributed by atoms with Crippen LogP contribution in [-0.2, 0) is 6.54 Å². The molecule has 0 saturated carbocycles. The highest BCUT2D eigenvalue weighted by atomic mass is 16.5. The van der Waals surface area contributed by atoms with Crippen molar-refractivity contribution in [2.75, 3.05) is 38.2 Å². The largest absolute Gasteiger partial charge is 0.481 e. The van der Waals surface area contributed by atoms with Crippen molar-refractivity contribution in [2.45, 2.75) is 13.5 Å². The summed E-state index contributed by atoms with van der Waals surface area (Å²) < 4.78 is 11.0. The average molecular weight is 381 g/mol. The number of urea groups is 1. The van der Waals surface area contributed by atoms with Gasteiger partial charge in [-0.1, -0.05) is 18.2 Å². The number of ether oxygens (including phenoxy) is 1. The monoisotopic (exact) mass is 381 g/mol. The number of carbonyl (C=O) groups is 1. The molecule has 4 rings (SSSR count). The van der Waals surface area contributed by atoms with Crippen LogP contribution in [0.15, 0.2) is 41.1 Å². The van der Waals surface area contributed by atoms with Gasteiger partial charge in [-0.05, 0) is 13.0 Å². The quantitative estimate of drug-likeness (QED) is 0.748. The summed E-state index contributed by atoms with van der Waals surface area (Å²) in [5.74, 6) is 2.14. The molecular weight excluding hydrogens is 358 g/mol. The minimum absolute atomic E-state index is 0.0835. The normalized spacial score (nSPS) is 14.4. The summed E-state index contributed by atoms with van der Waals surface area (Å²) in [4.78, 5) is 24.8. The fourth-order valence-electron chi connectivity index (χ4n) is 3.41. The first kappa shape index (κ1) is 18.1. The molecule has 3 aromatic rings. The Bertz CT molecular complexity index is 979. The third-order valence-corrected chi connectivity index (χ3v) is 5.07. The molecule has 146 valence electrons. The summed E-state index contributed by atoms with van der Waals surface area (Å²) in [7, 11) is 1.58. The highest BCUT2D eigenvalue weighted by Gasteiger charge is 2.22. The van der Waals surface area contributed by atoms with Crippen LogP contribution in [0.25, 0.3) is 11.0 Å². The zero-order chi connectivity index (χ0) is 19.5. The number of nitrogens with zero attached hydrogens (tertiary/aromatic N) is 4. The van der Waals surface area contributed by atoms with Crippen LogP contribution in [0.2, 0.25) is 0 Å². The van der Waals surface area contributed by atoms with Gasteiger partial charge in [-0.2, -0.15) is 0 Å². The first-order chi connectivity index (χ1) is 13.7. The molecule has 1 aliphatic rings. The number of methoxy groups -OCH3 is 1. The number of hydrogen-bond donors (Lipinski definition) is 1. The number of amides is 2. The van der Waals surface area contributed by atoms with Crippen molar-refractivity contribution in [3.05, 3.63) is 48.0 Å². The second kappa shape index (κ2) is 7.75. The molecule has 0 radical (unpaired) electrons. The van der Waals surface area contributed by atoms with Gasteiger partial charge in [0.2, 0.25) is 5.88 Å². The molecule has 3 heterocycles. The summed E-state index contributed by atoms with van der Waals surface area (Å²) >= 11 is 0. The van der Waals surface area contributed by atoms with Crippen molar-refractivity contribution in [3.63, 3.8) is 0 Å². The Morgan fingerprint density at radius 3 is 2.75 bits per heavy atom. The van der Waals surface area contributed by atoms with Crippen LogP contribution < -0.4 is 15.0 Å². The number of carbonyl (C=O) groups excluding carboxylic acids is 1. The van der Waals surface area contributed by atoms with Crippen molar-refractivity contribution in [1.82, 2.24) is 20.2 Å². The number of benzene rings is 1. The number of anilines is 1. The molecule has 2 aromatic heterocycles. The maximum Gasteiger partial charge on any atom is 0.317 e. The molecule has 1 fully saturated rings. The van der Waals surface area contributed by atoms with Gasteiger partial charge in [0, 0.05) is 43.2 Å². The number of rotatable bonds is 4. The van der Waals surface area contributed by atoms with Crippen molar-refractivity contribution < 1.29 is 13.9 Å². The van der Waals surface area contributed by atoms with E-state index in [-0.39, 0.29) is 6.03 Å².